The Morgan fingerprint density at radius 3 is 2.54 bits per heavy atom. The fourth-order valence-corrected chi connectivity index (χ4v) is 3.62. The first-order valence-corrected chi connectivity index (χ1v) is 12.3. The third kappa shape index (κ3) is 6.46. The molecule has 1 aromatic rings. The third-order valence-corrected chi connectivity index (χ3v) is 6.19. The van der Waals surface area contributed by atoms with Crippen molar-refractivity contribution in [2.45, 2.75) is 51.0 Å². The Hall–Kier alpha value is -1.04. The van der Waals surface area contributed by atoms with Gasteiger partial charge in [0.05, 0.1) is 6.61 Å². The van der Waals surface area contributed by atoms with E-state index in [4.69, 9.17) is 10.5 Å². The number of hydrogen-bond acceptors (Lipinski definition) is 3. The molecule has 1 aromatic carbocycles. The van der Waals surface area contributed by atoms with Gasteiger partial charge in [-0.3, -0.25) is 0 Å². The van der Waals surface area contributed by atoms with Gasteiger partial charge in [-0.25, -0.2) is 4.79 Å². The Morgan fingerprint density at radius 2 is 1.96 bits per heavy atom. The first-order valence-electron chi connectivity index (χ1n) is 8.59. The van der Waals surface area contributed by atoms with Crippen LogP contribution in [-0.2, 0) is 11.3 Å². The second kappa shape index (κ2) is 9.44. The van der Waals surface area contributed by atoms with Crippen molar-refractivity contribution in [2.24, 2.45) is 5.73 Å². The summed E-state index contributed by atoms with van der Waals surface area (Å²) in [5.74, 6) is 0.521. The lowest BCUT2D eigenvalue weighted by Gasteiger charge is -2.32. The number of ether oxygens (including phenoxy) is 1. The van der Waals surface area contributed by atoms with E-state index in [0.717, 1.165) is 32.0 Å². The SMILES string of the molecule is C[Si](C)(C)CCOC(=O)N1CCC(c2cccc(CN)c2)CC1.Cl. The van der Waals surface area contributed by atoms with Crippen molar-refractivity contribution >= 4 is 26.6 Å². The van der Waals surface area contributed by atoms with E-state index in [2.05, 4.69) is 43.9 Å². The van der Waals surface area contributed by atoms with Crippen LogP contribution in [0.5, 0.6) is 0 Å². The molecule has 0 saturated carbocycles. The van der Waals surface area contributed by atoms with Crippen molar-refractivity contribution in [1.29, 1.82) is 0 Å². The molecule has 6 heteroatoms. The van der Waals surface area contributed by atoms with E-state index in [0.29, 0.717) is 19.1 Å². The molecule has 0 aliphatic carbocycles. The zero-order valence-corrected chi connectivity index (χ0v) is 16.9. The number of halogens is 1. The van der Waals surface area contributed by atoms with E-state index in [1.54, 1.807) is 0 Å². The lowest BCUT2D eigenvalue weighted by atomic mass is 9.89. The number of likely N-dealkylation sites (tertiary alicyclic amines) is 1. The molecule has 24 heavy (non-hydrogen) atoms. The summed E-state index contributed by atoms with van der Waals surface area (Å²) in [6, 6.07) is 9.54. The van der Waals surface area contributed by atoms with Gasteiger partial charge in [0.25, 0.3) is 0 Å². The van der Waals surface area contributed by atoms with Gasteiger partial charge in [-0.1, -0.05) is 43.9 Å². The number of carbonyl (C=O) groups excluding carboxylic acids is 1. The Kier molecular flexibility index (Phi) is 8.26. The molecule has 2 rings (SSSR count). The minimum atomic E-state index is -1.14. The molecule has 1 aliphatic heterocycles. The summed E-state index contributed by atoms with van der Waals surface area (Å²) < 4.78 is 5.44. The predicted octanol–water partition coefficient (Wildman–Crippen LogP) is 4.22. The number of amides is 1. The number of hydrogen-bond donors (Lipinski definition) is 1. The molecule has 0 bridgehead atoms. The summed E-state index contributed by atoms with van der Waals surface area (Å²) in [4.78, 5) is 14.0. The summed E-state index contributed by atoms with van der Waals surface area (Å²) in [6.07, 6.45) is 1.85. The third-order valence-electron chi connectivity index (χ3n) is 4.49. The topological polar surface area (TPSA) is 55.6 Å². The summed E-state index contributed by atoms with van der Waals surface area (Å²) in [5.41, 5.74) is 8.24. The van der Waals surface area contributed by atoms with Crippen LogP contribution in [-0.4, -0.2) is 38.8 Å². The quantitative estimate of drug-likeness (QED) is 0.789. The van der Waals surface area contributed by atoms with Crippen molar-refractivity contribution in [3.05, 3.63) is 35.4 Å². The number of piperidine rings is 1. The van der Waals surface area contributed by atoms with Crippen LogP contribution in [0.3, 0.4) is 0 Å². The first-order chi connectivity index (χ1) is 10.9. The maximum atomic E-state index is 12.1. The number of nitrogens with zero attached hydrogens (tertiary/aromatic N) is 1. The maximum absolute atomic E-state index is 12.1. The Labute approximate surface area is 153 Å². The standard InChI is InChI=1S/C18H30N2O2Si.ClH/c1-23(2,3)12-11-22-18(21)20-9-7-16(8-10-20)17-6-4-5-15(13-17)14-19;/h4-6,13,16H,7-12,14,19H2,1-3H3;1H. The fraction of sp³-hybridized carbons (Fsp3) is 0.611. The van der Waals surface area contributed by atoms with Crippen LogP contribution >= 0.6 is 12.4 Å². The summed E-state index contributed by atoms with van der Waals surface area (Å²) in [7, 11) is -1.14. The van der Waals surface area contributed by atoms with E-state index >= 15 is 0 Å². The zero-order chi connectivity index (χ0) is 16.9. The average Bonchev–Trinajstić information content (AvgIpc) is 2.54. The van der Waals surface area contributed by atoms with Crippen molar-refractivity contribution in [2.75, 3.05) is 19.7 Å². The van der Waals surface area contributed by atoms with Gasteiger partial charge in [-0.05, 0) is 35.9 Å². The molecule has 1 heterocycles. The van der Waals surface area contributed by atoms with Gasteiger partial charge < -0.3 is 15.4 Å². The average molecular weight is 371 g/mol. The monoisotopic (exact) mass is 370 g/mol. The van der Waals surface area contributed by atoms with Gasteiger partial charge >= 0.3 is 6.09 Å². The van der Waals surface area contributed by atoms with E-state index in [1.165, 1.54) is 11.1 Å². The molecule has 2 N–H and O–H groups in total. The maximum Gasteiger partial charge on any atom is 0.409 e. The van der Waals surface area contributed by atoms with Crippen molar-refractivity contribution < 1.29 is 9.53 Å². The van der Waals surface area contributed by atoms with E-state index in [-0.39, 0.29) is 18.5 Å². The number of nitrogens with two attached hydrogens (primary N) is 1. The highest BCUT2D eigenvalue weighted by Gasteiger charge is 2.25. The lowest BCUT2D eigenvalue weighted by Crippen LogP contribution is -2.38. The van der Waals surface area contributed by atoms with Gasteiger partial charge in [0.2, 0.25) is 0 Å². The van der Waals surface area contributed by atoms with Gasteiger partial charge in [0.1, 0.15) is 0 Å². The second-order valence-corrected chi connectivity index (χ2v) is 13.3. The zero-order valence-electron chi connectivity index (χ0n) is 15.1. The van der Waals surface area contributed by atoms with Gasteiger partial charge in [-0.2, -0.15) is 0 Å². The van der Waals surface area contributed by atoms with Crippen LogP contribution < -0.4 is 5.73 Å². The number of rotatable bonds is 5. The summed E-state index contributed by atoms with van der Waals surface area (Å²) >= 11 is 0. The van der Waals surface area contributed by atoms with Gasteiger partial charge in [0.15, 0.2) is 0 Å². The first kappa shape index (κ1) is 21.0. The highest BCUT2D eigenvalue weighted by atomic mass is 35.5. The van der Waals surface area contributed by atoms with Crippen LogP contribution in [0.15, 0.2) is 24.3 Å². The highest BCUT2D eigenvalue weighted by Crippen LogP contribution is 2.28. The largest absolute Gasteiger partial charge is 0.450 e. The van der Waals surface area contributed by atoms with Crippen molar-refractivity contribution in [3.8, 4) is 0 Å². The number of benzene rings is 1. The predicted molar refractivity (Wildman–Crippen MR) is 105 cm³/mol. The molecular formula is C18H31ClN2O2Si. The van der Waals surface area contributed by atoms with Crippen LogP contribution in [0.2, 0.25) is 25.7 Å². The van der Waals surface area contributed by atoms with Crippen molar-refractivity contribution in [1.82, 2.24) is 4.90 Å². The van der Waals surface area contributed by atoms with Crippen molar-refractivity contribution in [3.63, 3.8) is 0 Å². The summed E-state index contributed by atoms with van der Waals surface area (Å²) in [6.45, 7) is 9.58. The molecule has 0 spiro atoms. The molecule has 1 aliphatic rings. The molecule has 0 aromatic heterocycles. The molecule has 0 atom stereocenters. The fourth-order valence-electron chi connectivity index (χ4n) is 2.91. The summed E-state index contributed by atoms with van der Waals surface area (Å²) in [5, 5.41) is 0. The van der Waals surface area contributed by atoms with Gasteiger partial charge in [-0.15, -0.1) is 12.4 Å². The minimum absolute atomic E-state index is 0. The minimum Gasteiger partial charge on any atom is -0.450 e. The highest BCUT2D eigenvalue weighted by molar-refractivity contribution is 6.76. The molecule has 1 amide bonds. The molecule has 0 radical (unpaired) electrons. The normalized spacial score (nSPS) is 15.8. The Balaban J connectivity index is 0.00000288. The van der Waals surface area contributed by atoms with E-state index in [9.17, 15) is 4.79 Å². The smallest absolute Gasteiger partial charge is 0.409 e. The molecule has 4 nitrogen and oxygen atoms in total. The Morgan fingerprint density at radius 1 is 1.29 bits per heavy atom. The van der Waals surface area contributed by atoms with E-state index in [1.807, 2.05) is 4.90 Å². The van der Waals surface area contributed by atoms with Crippen LogP contribution in [0.25, 0.3) is 0 Å². The molecular weight excluding hydrogens is 340 g/mol. The van der Waals surface area contributed by atoms with E-state index < -0.39 is 8.07 Å². The van der Waals surface area contributed by atoms with Crippen LogP contribution in [0, 0.1) is 0 Å². The Bertz CT molecular complexity index is 526. The lowest BCUT2D eigenvalue weighted by molar-refractivity contribution is 0.0968. The van der Waals surface area contributed by atoms with Crippen LogP contribution in [0.1, 0.15) is 29.9 Å². The van der Waals surface area contributed by atoms with Crippen LogP contribution in [0.4, 0.5) is 4.79 Å². The second-order valence-electron chi connectivity index (χ2n) is 7.64. The number of carbonyl (C=O) groups is 1. The molecule has 136 valence electrons. The molecule has 1 fully saturated rings. The van der Waals surface area contributed by atoms with Gasteiger partial charge in [0, 0.05) is 27.7 Å². The molecule has 0 unspecified atom stereocenters. The molecule has 1 saturated heterocycles.